The van der Waals surface area contributed by atoms with E-state index in [1.54, 1.807) is 44.3 Å². The van der Waals surface area contributed by atoms with Crippen LogP contribution in [0.5, 0.6) is 17.2 Å². The van der Waals surface area contributed by atoms with Crippen LogP contribution in [0.4, 0.5) is 0 Å². The summed E-state index contributed by atoms with van der Waals surface area (Å²) in [5, 5.41) is 7.25. The van der Waals surface area contributed by atoms with Gasteiger partial charge in [0, 0.05) is 18.8 Å². The maximum Gasteiger partial charge on any atom is 0.272 e. The summed E-state index contributed by atoms with van der Waals surface area (Å²) in [5.41, 5.74) is 3.03. The molecule has 0 saturated heterocycles. The van der Waals surface area contributed by atoms with E-state index in [1.165, 1.54) is 0 Å². The lowest BCUT2D eigenvalue weighted by atomic mass is 10.2. The molecule has 7 nitrogen and oxygen atoms in total. The van der Waals surface area contributed by atoms with Gasteiger partial charge >= 0.3 is 0 Å². The van der Waals surface area contributed by atoms with Crippen LogP contribution < -0.4 is 19.5 Å². The smallest absolute Gasteiger partial charge is 0.272 e. The first-order valence-corrected chi connectivity index (χ1v) is 8.75. The summed E-state index contributed by atoms with van der Waals surface area (Å²) in [6.07, 6.45) is 1.74. The second kappa shape index (κ2) is 8.47. The highest BCUT2D eigenvalue weighted by atomic mass is 16.5. The number of methoxy groups -OCH3 is 3. The van der Waals surface area contributed by atoms with E-state index < -0.39 is 0 Å². The molecule has 0 unspecified atom stereocenters. The molecule has 0 bridgehead atoms. The second-order valence-corrected chi connectivity index (χ2v) is 6.22. The topological polar surface area (TPSA) is 74.6 Å². The average Bonchev–Trinajstić information content (AvgIpc) is 3.21. The summed E-state index contributed by atoms with van der Waals surface area (Å²) in [6, 6.07) is 12.9. The Morgan fingerprint density at radius 2 is 1.71 bits per heavy atom. The SMILES string of the molecule is COc1cc(CNC(=O)c2ccn(-c3cc(C)ccc3OC)n2)cc(OC)c1. The molecule has 0 aliphatic carbocycles. The van der Waals surface area contributed by atoms with Gasteiger partial charge in [0.15, 0.2) is 5.69 Å². The normalized spacial score (nSPS) is 10.4. The Labute approximate surface area is 163 Å². The molecule has 3 aromatic rings. The number of nitrogens with zero attached hydrogens (tertiary/aromatic N) is 2. The van der Waals surface area contributed by atoms with Crippen LogP contribution in [0, 0.1) is 6.92 Å². The van der Waals surface area contributed by atoms with Gasteiger partial charge in [-0.05, 0) is 48.4 Å². The first-order valence-electron chi connectivity index (χ1n) is 8.75. The highest BCUT2D eigenvalue weighted by Crippen LogP contribution is 2.24. The Morgan fingerprint density at radius 3 is 2.36 bits per heavy atom. The van der Waals surface area contributed by atoms with Crippen molar-refractivity contribution in [2.24, 2.45) is 0 Å². The molecule has 0 spiro atoms. The summed E-state index contributed by atoms with van der Waals surface area (Å²) < 4.78 is 17.5. The molecule has 1 amide bonds. The Kier molecular flexibility index (Phi) is 5.84. The van der Waals surface area contributed by atoms with Gasteiger partial charge in [0.2, 0.25) is 0 Å². The van der Waals surface area contributed by atoms with E-state index in [0.717, 1.165) is 16.8 Å². The Bertz CT molecular complexity index is 959. The summed E-state index contributed by atoms with van der Waals surface area (Å²) >= 11 is 0. The van der Waals surface area contributed by atoms with Crippen molar-refractivity contribution >= 4 is 5.91 Å². The molecular formula is C21H23N3O4. The molecule has 28 heavy (non-hydrogen) atoms. The fourth-order valence-electron chi connectivity index (χ4n) is 2.80. The van der Waals surface area contributed by atoms with Crippen molar-refractivity contribution in [1.29, 1.82) is 0 Å². The van der Waals surface area contributed by atoms with E-state index >= 15 is 0 Å². The van der Waals surface area contributed by atoms with Crippen LogP contribution in [0.25, 0.3) is 5.69 Å². The minimum atomic E-state index is -0.271. The van der Waals surface area contributed by atoms with Gasteiger partial charge in [-0.2, -0.15) is 5.10 Å². The highest BCUT2D eigenvalue weighted by Gasteiger charge is 2.13. The molecule has 0 saturated carbocycles. The Hall–Kier alpha value is -3.48. The molecule has 0 aliphatic rings. The van der Waals surface area contributed by atoms with Crippen LogP contribution in [-0.2, 0) is 6.54 Å². The monoisotopic (exact) mass is 381 g/mol. The van der Waals surface area contributed by atoms with Gasteiger partial charge in [-0.3, -0.25) is 4.79 Å². The zero-order valence-corrected chi connectivity index (χ0v) is 16.4. The molecular weight excluding hydrogens is 358 g/mol. The van der Waals surface area contributed by atoms with Crippen LogP contribution >= 0.6 is 0 Å². The molecule has 7 heteroatoms. The fraction of sp³-hybridized carbons (Fsp3) is 0.238. The van der Waals surface area contributed by atoms with Gasteiger partial charge in [0.1, 0.15) is 22.9 Å². The first kappa shape index (κ1) is 19.3. The number of rotatable bonds is 7. The van der Waals surface area contributed by atoms with Crippen LogP contribution in [0.1, 0.15) is 21.6 Å². The molecule has 146 valence electrons. The van der Waals surface area contributed by atoms with Gasteiger partial charge in [-0.1, -0.05) is 6.07 Å². The minimum Gasteiger partial charge on any atom is -0.497 e. The minimum absolute atomic E-state index is 0.271. The van der Waals surface area contributed by atoms with Crippen molar-refractivity contribution in [1.82, 2.24) is 15.1 Å². The summed E-state index contributed by atoms with van der Waals surface area (Å²) in [7, 11) is 4.78. The van der Waals surface area contributed by atoms with Gasteiger partial charge < -0.3 is 19.5 Å². The molecule has 1 aromatic heterocycles. The van der Waals surface area contributed by atoms with Crippen molar-refractivity contribution in [2.45, 2.75) is 13.5 Å². The van der Waals surface area contributed by atoms with E-state index in [4.69, 9.17) is 14.2 Å². The van der Waals surface area contributed by atoms with E-state index in [1.807, 2.05) is 37.3 Å². The van der Waals surface area contributed by atoms with Crippen LogP contribution in [0.3, 0.4) is 0 Å². The standard InChI is InChI=1S/C21H23N3O4/c1-14-5-6-20(28-4)19(9-14)24-8-7-18(23-24)21(25)22-13-15-10-16(26-2)12-17(11-15)27-3/h5-12H,13H2,1-4H3,(H,22,25). The van der Waals surface area contributed by atoms with Gasteiger partial charge in [0.25, 0.3) is 5.91 Å². The van der Waals surface area contributed by atoms with Crippen molar-refractivity contribution in [2.75, 3.05) is 21.3 Å². The number of carbonyl (C=O) groups excluding carboxylic acids is 1. The zero-order valence-electron chi connectivity index (χ0n) is 16.4. The predicted octanol–water partition coefficient (Wildman–Crippen LogP) is 3.14. The lowest BCUT2D eigenvalue weighted by Gasteiger charge is -2.10. The van der Waals surface area contributed by atoms with E-state index in [2.05, 4.69) is 10.4 Å². The molecule has 0 fully saturated rings. The van der Waals surface area contributed by atoms with Crippen LogP contribution in [0.15, 0.2) is 48.7 Å². The number of aromatic nitrogens is 2. The van der Waals surface area contributed by atoms with E-state index in [-0.39, 0.29) is 5.91 Å². The van der Waals surface area contributed by atoms with Crippen LogP contribution in [0.2, 0.25) is 0 Å². The summed E-state index contributed by atoms with van der Waals surface area (Å²) in [4.78, 5) is 12.5. The fourth-order valence-corrected chi connectivity index (χ4v) is 2.80. The largest absolute Gasteiger partial charge is 0.497 e. The number of amides is 1. The van der Waals surface area contributed by atoms with Crippen LogP contribution in [-0.4, -0.2) is 37.0 Å². The number of ether oxygens (including phenoxy) is 3. The molecule has 0 atom stereocenters. The average molecular weight is 381 g/mol. The molecule has 3 rings (SSSR count). The predicted molar refractivity (Wildman–Crippen MR) is 106 cm³/mol. The van der Waals surface area contributed by atoms with Crippen molar-refractivity contribution in [3.63, 3.8) is 0 Å². The van der Waals surface area contributed by atoms with E-state index in [0.29, 0.717) is 29.5 Å². The third-order valence-electron chi connectivity index (χ3n) is 4.27. The number of aryl methyl sites for hydroxylation is 1. The van der Waals surface area contributed by atoms with Gasteiger partial charge in [0.05, 0.1) is 21.3 Å². The lowest BCUT2D eigenvalue weighted by Crippen LogP contribution is -2.23. The number of carbonyl (C=O) groups is 1. The lowest BCUT2D eigenvalue weighted by molar-refractivity contribution is 0.0945. The van der Waals surface area contributed by atoms with Crippen molar-refractivity contribution in [3.8, 4) is 22.9 Å². The first-order chi connectivity index (χ1) is 13.5. The van der Waals surface area contributed by atoms with Crippen molar-refractivity contribution < 1.29 is 19.0 Å². The number of hydrogen-bond acceptors (Lipinski definition) is 5. The number of hydrogen-bond donors (Lipinski definition) is 1. The number of benzene rings is 2. The second-order valence-electron chi connectivity index (χ2n) is 6.22. The molecule has 2 aromatic carbocycles. The van der Waals surface area contributed by atoms with E-state index in [9.17, 15) is 4.79 Å². The maximum absolute atomic E-state index is 12.5. The summed E-state index contributed by atoms with van der Waals surface area (Å²) in [5.74, 6) is 1.75. The third kappa shape index (κ3) is 4.25. The summed E-state index contributed by atoms with van der Waals surface area (Å²) in [6.45, 7) is 2.31. The Morgan fingerprint density at radius 1 is 1.00 bits per heavy atom. The zero-order chi connectivity index (χ0) is 20.1. The molecule has 1 N–H and O–H groups in total. The maximum atomic E-state index is 12.5. The van der Waals surface area contributed by atoms with Crippen molar-refractivity contribution in [3.05, 3.63) is 65.5 Å². The quantitative estimate of drug-likeness (QED) is 0.681. The molecule has 0 aliphatic heterocycles. The Balaban J connectivity index is 1.74. The molecule has 0 radical (unpaired) electrons. The number of nitrogens with one attached hydrogen (secondary N) is 1. The third-order valence-corrected chi connectivity index (χ3v) is 4.27. The highest BCUT2D eigenvalue weighted by molar-refractivity contribution is 5.92. The van der Waals surface area contributed by atoms with Gasteiger partial charge in [-0.25, -0.2) is 4.68 Å². The van der Waals surface area contributed by atoms with Gasteiger partial charge in [-0.15, -0.1) is 0 Å². The molecule has 1 heterocycles.